The molecule has 2 aromatic heterocycles. The Balaban J connectivity index is 1.49. The van der Waals surface area contributed by atoms with Crippen molar-refractivity contribution in [3.05, 3.63) is 77.3 Å². The summed E-state index contributed by atoms with van der Waals surface area (Å²) in [7, 11) is 1.99. The first-order valence-corrected chi connectivity index (χ1v) is 9.38. The molecule has 148 valence electrons. The van der Waals surface area contributed by atoms with Gasteiger partial charge in [-0.25, -0.2) is 18.7 Å². The van der Waals surface area contributed by atoms with Crippen molar-refractivity contribution in [2.45, 2.75) is 19.6 Å². The van der Waals surface area contributed by atoms with Crippen LogP contribution in [0.2, 0.25) is 0 Å². The van der Waals surface area contributed by atoms with Crippen molar-refractivity contribution in [3.8, 4) is 11.4 Å². The Labute approximate surface area is 171 Å². The van der Waals surface area contributed by atoms with Crippen LogP contribution in [-0.4, -0.2) is 46.5 Å². The summed E-state index contributed by atoms with van der Waals surface area (Å²) in [6.07, 6.45) is 3.17. The number of aromatic nitrogens is 7. The van der Waals surface area contributed by atoms with Crippen LogP contribution in [0.4, 0.5) is 4.39 Å². The molecule has 0 amide bonds. The van der Waals surface area contributed by atoms with Crippen LogP contribution < -0.4 is 0 Å². The van der Waals surface area contributed by atoms with Gasteiger partial charge < -0.3 is 0 Å². The highest BCUT2D eigenvalue weighted by Gasteiger charge is 2.15. The molecule has 0 saturated carbocycles. The van der Waals surface area contributed by atoms with E-state index in [0.29, 0.717) is 17.1 Å². The monoisotopic (exact) mass is 410 g/mol. The van der Waals surface area contributed by atoms with Crippen LogP contribution in [0.25, 0.3) is 11.4 Å². The maximum absolute atomic E-state index is 13.5. The van der Waals surface area contributed by atoms with E-state index in [1.807, 2.05) is 19.2 Å². The minimum Gasteiger partial charge on any atom is -0.281 e. The molecule has 4 aromatic rings. The SMILES string of the molecule is C[C@H](c1ccc(-n2cncn2)cc1)N(C)Cn1nnn(-c2cccc(F)c2)c1=S. The van der Waals surface area contributed by atoms with Crippen molar-refractivity contribution in [1.82, 2.24) is 39.5 Å². The molecule has 0 fully saturated rings. The highest BCUT2D eigenvalue weighted by molar-refractivity contribution is 7.71. The summed E-state index contributed by atoms with van der Waals surface area (Å²) >= 11 is 5.47. The van der Waals surface area contributed by atoms with E-state index in [2.05, 4.69) is 44.5 Å². The van der Waals surface area contributed by atoms with E-state index in [0.717, 1.165) is 11.3 Å². The second kappa shape index (κ2) is 8.02. The van der Waals surface area contributed by atoms with Gasteiger partial charge in [-0.15, -0.1) is 0 Å². The number of tetrazole rings is 1. The molecule has 0 unspecified atom stereocenters. The molecular weight excluding hydrogens is 391 g/mol. The molecule has 0 bridgehead atoms. The van der Waals surface area contributed by atoms with Gasteiger partial charge in [-0.2, -0.15) is 9.78 Å². The van der Waals surface area contributed by atoms with E-state index < -0.39 is 0 Å². The predicted molar refractivity (Wildman–Crippen MR) is 108 cm³/mol. The topological polar surface area (TPSA) is 69.6 Å². The molecule has 1 atom stereocenters. The van der Waals surface area contributed by atoms with Crippen LogP contribution in [0, 0.1) is 10.6 Å². The van der Waals surface area contributed by atoms with Crippen LogP contribution >= 0.6 is 12.2 Å². The van der Waals surface area contributed by atoms with E-state index in [9.17, 15) is 4.39 Å². The average Bonchev–Trinajstić information content (AvgIpc) is 3.38. The van der Waals surface area contributed by atoms with Crippen LogP contribution in [0.3, 0.4) is 0 Å². The first kappa shape index (κ1) is 19.1. The molecule has 0 aliphatic carbocycles. The number of benzene rings is 2. The fourth-order valence-electron chi connectivity index (χ4n) is 2.97. The Hall–Kier alpha value is -3.24. The van der Waals surface area contributed by atoms with E-state index in [-0.39, 0.29) is 11.9 Å². The molecule has 0 aliphatic rings. The summed E-state index contributed by atoms with van der Waals surface area (Å²) < 4.78 is 18.7. The van der Waals surface area contributed by atoms with Gasteiger partial charge in [0.1, 0.15) is 18.5 Å². The lowest BCUT2D eigenvalue weighted by Gasteiger charge is -2.24. The minimum atomic E-state index is -0.348. The van der Waals surface area contributed by atoms with Gasteiger partial charge in [-0.05, 0) is 72.5 Å². The molecule has 10 heteroatoms. The summed E-state index contributed by atoms with van der Waals surface area (Å²) in [4.78, 5) is 6.07. The van der Waals surface area contributed by atoms with Crippen molar-refractivity contribution >= 4 is 12.2 Å². The number of hydrogen-bond acceptors (Lipinski definition) is 6. The molecular formula is C19H19FN8S. The molecule has 0 radical (unpaired) electrons. The Morgan fingerprint density at radius 1 is 1.10 bits per heavy atom. The van der Waals surface area contributed by atoms with Crippen molar-refractivity contribution in [3.63, 3.8) is 0 Å². The summed E-state index contributed by atoms with van der Waals surface area (Å²) in [6, 6.07) is 14.3. The van der Waals surface area contributed by atoms with Gasteiger partial charge >= 0.3 is 0 Å². The number of rotatable bonds is 6. The zero-order valence-electron chi connectivity index (χ0n) is 15.9. The average molecular weight is 410 g/mol. The van der Waals surface area contributed by atoms with Gasteiger partial charge in [-0.1, -0.05) is 18.2 Å². The molecule has 0 N–H and O–H groups in total. The molecule has 4 rings (SSSR count). The quantitative estimate of drug-likeness (QED) is 0.455. The molecule has 0 aliphatic heterocycles. The summed E-state index contributed by atoms with van der Waals surface area (Å²) in [5.74, 6) is -0.348. The maximum atomic E-state index is 13.5. The van der Waals surface area contributed by atoms with Crippen molar-refractivity contribution in [2.75, 3.05) is 7.05 Å². The standard InChI is InChI=1S/C19H19FN8S/c1-14(15-6-8-17(9-7-15)26-12-21-11-22-26)25(2)13-27-19(29)28(24-23-27)18-5-3-4-16(20)10-18/h3-12,14H,13H2,1-2H3/t14-/m1/s1. The fraction of sp³-hybridized carbons (Fsp3) is 0.211. The minimum absolute atomic E-state index is 0.112. The van der Waals surface area contributed by atoms with Crippen molar-refractivity contribution in [2.24, 2.45) is 0 Å². The molecule has 2 heterocycles. The lowest BCUT2D eigenvalue weighted by Crippen LogP contribution is -2.26. The first-order chi connectivity index (χ1) is 14.0. The zero-order valence-corrected chi connectivity index (χ0v) is 16.7. The summed E-state index contributed by atoms with van der Waals surface area (Å²) in [5.41, 5.74) is 2.63. The molecule has 0 saturated heterocycles. The molecule has 0 spiro atoms. The first-order valence-electron chi connectivity index (χ1n) is 8.97. The van der Waals surface area contributed by atoms with Crippen molar-refractivity contribution in [1.29, 1.82) is 0 Å². The second-order valence-corrected chi connectivity index (χ2v) is 7.02. The molecule has 2 aromatic carbocycles. The maximum Gasteiger partial charge on any atom is 0.221 e. The number of halogens is 1. The predicted octanol–water partition coefficient (Wildman–Crippen LogP) is 3.17. The molecule has 29 heavy (non-hydrogen) atoms. The van der Waals surface area contributed by atoms with Crippen LogP contribution in [0.15, 0.2) is 61.2 Å². The van der Waals surface area contributed by atoms with E-state index in [4.69, 9.17) is 12.2 Å². The largest absolute Gasteiger partial charge is 0.281 e. The number of hydrogen-bond donors (Lipinski definition) is 0. The third kappa shape index (κ3) is 3.98. The highest BCUT2D eigenvalue weighted by Crippen LogP contribution is 2.21. The lowest BCUT2D eigenvalue weighted by atomic mass is 10.1. The lowest BCUT2D eigenvalue weighted by molar-refractivity contribution is 0.193. The van der Waals surface area contributed by atoms with Gasteiger partial charge in [0, 0.05) is 6.04 Å². The van der Waals surface area contributed by atoms with Gasteiger partial charge in [0.15, 0.2) is 0 Å². The van der Waals surface area contributed by atoms with Gasteiger partial charge in [0.25, 0.3) is 0 Å². The number of nitrogens with zero attached hydrogens (tertiary/aromatic N) is 8. The highest BCUT2D eigenvalue weighted by atomic mass is 32.1. The Bertz CT molecular complexity index is 1150. The third-order valence-electron chi connectivity index (χ3n) is 4.77. The third-order valence-corrected chi connectivity index (χ3v) is 5.15. The van der Waals surface area contributed by atoms with Gasteiger partial charge in [0.2, 0.25) is 4.77 Å². The summed E-state index contributed by atoms with van der Waals surface area (Å²) in [5, 5.41) is 12.3. The Morgan fingerprint density at radius 3 is 2.59 bits per heavy atom. The van der Waals surface area contributed by atoms with Crippen LogP contribution in [0.5, 0.6) is 0 Å². The van der Waals surface area contributed by atoms with Gasteiger partial charge in [0.05, 0.1) is 18.0 Å². The van der Waals surface area contributed by atoms with E-state index >= 15 is 0 Å². The second-order valence-electron chi connectivity index (χ2n) is 6.66. The van der Waals surface area contributed by atoms with E-state index in [1.54, 1.807) is 27.8 Å². The fourth-order valence-corrected chi connectivity index (χ4v) is 3.20. The Morgan fingerprint density at radius 2 is 1.90 bits per heavy atom. The van der Waals surface area contributed by atoms with Crippen LogP contribution in [-0.2, 0) is 6.67 Å². The normalized spacial score (nSPS) is 12.4. The summed E-state index contributed by atoms with van der Waals surface area (Å²) in [6.45, 7) is 2.55. The molecule has 8 nitrogen and oxygen atoms in total. The smallest absolute Gasteiger partial charge is 0.221 e. The Kier molecular flexibility index (Phi) is 5.28. The van der Waals surface area contributed by atoms with E-state index in [1.165, 1.54) is 23.1 Å². The zero-order chi connectivity index (χ0) is 20.4. The van der Waals surface area contributed by atoms with Crippen molar-refractivity contribution < 1.29 is 4.39 Å². The van der Waals surface area contributed by atoms with Gasteiger partial charge in [-0.3, -0.25) is 4.90 Å². The van der Waals surface area contributed by atoms with Crippen LogP contribution in [0.1, 0.15) is 18.5 Å².